The lowest BCUT2D eigenvalue weighted by Gasteiger charge is -2.10. The van der Waals surface area contributed by atoms with E-state index in [0.717, 1.165) is 6.42 Å². The molecule has 1 amide bonds. The second-order valence-electron chi connectivity index (χ2n) is 4.05. The van der Waals surface area contributed by atoms with E-state index in [2.05, 4.69) is 5.32 Å². The first-order valence-corrected chi connectivity index (χ1v) is 6.15. The zero-order valence-corrected chi connectivity index (χ0v) is 11.1. The van der Waals surface area contributed by atoms with Gasteiger partial charge < -0.3 is 26.3 Å². The Hall–Kier alpha value is -1.79. The summed E-state index contributed by atoms with van der Waals surface area (Å²) in [6.45, 7) is 2.54. The molecule has 0 aliphatic heterocycles. The molecule has 6 nitrogen and oxygen atoms in total. The molecule has 0 saturated carbocycles. The van der Waals surface area contributed by atoms with E-state index >= 15 is 0 Å². The van der Waals surface area contributed by atoms with E-state index in [1.54, 1.807) is 25.3 Å². The summed E-state index contributed by atoms with van der Waals surface area (Å²) < 4.78 is 10.2. The van der Waals surface area contributed by atoms with Crippen LogP contribution in [0.2, 0.25) is 0 Å². The minimum atomic E-state index is -0.467. The predicted octanol–water partition coefficient (Wildman–Crippen LogP) is 0.833. The minimum absolute atomic E-state index is 0.438. The molecule has 19 heavy (non-hydrogen) atoms. The Morgan fingerprint density at radius 1 is 1.32 bits per heavy atom. The third-order valence-corrected chi connectivity index (χ3v) is 2.55. The maximum Gasteiger partial charge on any atom is 0.248 e. The van der Waals surface area contributed by atoms with E-state index in [1.165, 1.54) is 0 Å². The summed E-state index contributed by atoms with van der Waals surface area (Å²) in [6, 6.07) is 4.93. The van der Waals surface area contributed by atoms with Gasteiger partial charge in [-0.25, -0.2) is 0 Å². The SMILES string of the molecule is COCCOCCCNc1cc(C(N)=O)ccc1N. The Bertz CT molecular complexity index is 410. The lowest BCUT2D eigenvalue weighted by molar-refractivity contribution is 0.0705. The number of nitrogen functional groups attached to an aromatic ring is 1. The van der Waals surface area contributed by atoms with Crippen LogP contribution in [0.3, 0.4) is 0 Å². The number of carbonyl (C=O) groups excluding carboxylic acids is 1. The Kier molecular flexibility index (Phi) is 6.70. The van der Waals surface area contributed by atoms with Crippen molar-refractivity contribution in [3.8, 4) is 0 Å². The maximum atomic E-state index is 11.1. The van der Waals surface area contributed by atoms with Crippen LogP contribution in [0.1, 0.15) is 16.8 Å². The number of primary amides is 1. The van der Waals surface area contributed by atoms with Crippen LogP contribution < -0.4 is 16.8 Å². The van der Waals surface area contributed by atoms with Crippen molar-refractivity contribution in [2.75, 3.05) is 44.5 Å². The highest BCUT2D eigenvalue weighted by Crippen LogP contribution is 2.19. The monoisotopic (exact) mass is 267 g/mol. The van der Waals surface area contributed by atoms with E-state index < -0.39 is 5.91 Å². The van der Waals surface area contributed by atoms with Gasteiger partial charge >= 0.3 is 0 Å². The summed E-state index contributed by atoms with van der Waals surface area (Å²) in [4.78, 5) is 11.1. The number of benzene rings is 1. The average molecular weight is 267 g/mol. The van der Waals surface area contributed by atoms with Crippen molar-refractivity contribution in [1.82, 2.24) is 0 Å². The number of carbonyl (C=O) groups is 1. The van der Waals surface area contributed by atoms with Crippen LogP contribution in [0.5, 0.6) is 0 Å². The van der Waals surface area contributed by atoms with Crippen molar-refractivity contribution >= 4 is 17.3 Å². The number of amides is 1. The molecule has 5 N–H and O–H groups in total. The summed E-state index contributed by atoms with van der Waals surface area (Å²) in [5, 5.41) is 3.16. The number of nitrogens with two attached hydrogens (primary N) is 2. The van der Waals surface area contributed by atoms with Crippen molar-refractivity contribution in [3.63, 3.8) is 0 Å². The van der Waals surface area contributed by atoms with Gasteiger partial charge in [0.15, 0.2) is 0 Å². The number of ether oxygens (including phenoxy) is 2. The fourth-order valence-electron chi connectivity index (χ4n) is 1.50. The lowest BCUT2D eigenvalue weighted by Crippen LogP contribution is -2.13. The third-order valence-electron chi connectivity index (χ3n) is 2.55. The molecule has 0 fully saturated rings. The highest BCUT2D eigenvalue weighted by atomic mass is 16.5. The second kappa shape index (κ2) is 8.34. The maximum absolute atomic E-state index is 11.1. The number of hydrogen-bond acceptors (Lipinski definition) is 5. The standard InChI is InChI=1S/C13H21N3O3/c1-18-7-8-19-6-2-5-16-12-9-10(13(15)17)3-4-11(12)14/h3-4,9,16H,2,5-8,14H2,1H3,(H2,15,17). The van der Waals surface area contributed by atoms with E-state index in [0.29, 0.717) is 43.3 Å². The van der Waals surface area contributed by atoms with Crippen LogP contribution in [-0.4, -0.2) is 39.4 Å². The fraction of sp³-hybridized carbons (Fsp3) is 0.462. The average Bonchev–Trinajstić information content (AvgIpc) is 2.39. The quantitative estimate of drug-likeness (QED) is 0.454. The predicted molar refractivity (Wildman–Crippen MR) is 75.2 cm³/mol. The van der Waals surface area contributed by atoms with Crippen molar-refractivity contribution in [1.29, 1.82) is 0 Å². The number of nitrogens with one attached hydrogen (secondary N) is 1. The van der Waals surface area contributed by atoms with Crippen molar-refractivity contribution in [3.05, 3.63) is 23.8 Å². The molecule has 0 radical (unpaired) electrons. The summed E-state index contributed by atoms with van der Waals surface area (Å²) >= 11 is 0. The molecule has 0 aliphatic carbocycles. The van der Waals surface area contributed by atoms with Gasteiger partial charge in [0.25, 0.3) is 0 Å². The van der Waals surface area contributed by atoms with Crippen LogP contribution in [0.15, 0.2) is 18.2 Å². The number of hydrogen-bond donors (Lipinski definition) is 3. The van der Waals surface area contributed by atoms with E-state index in [9.17, 15) is 4.79 Å². The second-order valence-corrected chi connectivity index (χ2v) is 4.05. The van der Waals surface area contributed by atoms with Gasteiger partial charge in [-0.05, 0) is 24.6 Å². The molecule has 0 saturated heterocycles. The normalized spacial score (nSPS) is 10.4. The van der Waals surface area contributed by atoms with Crippen LogP contribution in [0.4, 0.5) is 11.4 Å². The van der Waals surface area contributed by atoms with Gasteiger partial charge in [0.1, 0.15) is 0 Å². The molecule has 1 aromatic rings. The van der Waals surface area contributed by atoms with Crippen molar-refractivity contribution in [2.24, 2.45) is 5.73 Å². The van der Waals surface area contributed by atoms with Crippen LogP contribution >= 0.6 is 0 Å². The first-order valence-electron chi connectivity index (χ1n) is 6.15. The molecule has 0 unspecified atom stereocenters. The van der Waals surface area contributed by atoms with E-state index in [-0.39, 0.29) is 0 Å². The van der Waals surface area contributed by atoms with Crippen molar-refractivity contribution < 1.29 is 14.3 Å². The van der Waals surface area contributed by atoms with Gasteiger partial charge in [0.2, 0.25) is 5.91 Å². The zero-order chi connectivity index (χ0) is 14.1. The first-order chi connectivity index (χ1) is 9.15. The van der Waals surface area contributed by atoms with Gasteiger partial charge in [-0.2, -0.15) is 0 Å². The smallest absolute Gasteiger partial charge is 0.248 e. The molecule has 0 bridgehead atoms. The van der Waals surface area contributed by atoms with Crippen LogP contribution in [-0.2, 0) is 9.47 Å². The summed E-state index contributed by atoms with van der Waals surface area (Å²) in [7, 11) is 1.64. The van der Waals surface area contributed by atoms with Crippen LogP contribution in [0.25, 0.3) is 0 Å². The van der Waals surface area contributed by atoms with E-state index in [1.807, 2.05) is 0 Å². The summed E-state index contributed by atoms with van der Waals surface area (Å²) in [6.07, 6.45) is 0.837. The van der Waals surface area contributed by atoms with Crippen molar-refractivity contribution in [2.45, 2.75) is 6.42 Å². The zero-order valence-electron chi connectivity index (χ0n) is 11.1. The molecule has 0 aromatic heterocycles. The molecule has 0 aliphatic rings. The highest BCUT2D eigenvalue weighted by molar-refractivity contribution is 5.94. The van der Waals surface area contributed by atoms with Gasteiger partial charge in [0.05, 0.1) is 24.6 Å². The number of rotatable bonds is 9. The Morgan fingerprint density at radius 2 is 2.11 bits per heavy atom. The molecule has 106 valence electrons. The summed E-state index contributed by atoms with van der Waals surface area (Å²) in [5.74, 6) is -0.467. The van der Waals surface area contributed by atoms with E-state index in [4.69, 9.17) is 20.9 Å². The molecule has 6 heteroatoms. The molecular formula is C13H21N3O3. The van der Waals surface area contributed by atoms with Gasteiger partial charge in [-0.1, -0.05) is 0 Å². The largest absolute Gasteiger partial charge is 0.397 e. The first kappa shape index (κ1) is 15.3. The molecule has 1 rings (SSSR count). The topological polar surface area (TPSA) is 99.6 Å². The molecule has 0 spiro atoms. The lowest BCUT2D eigenvalue weighted by atomic mass is 10.1. The Morgan fingerprint density at radius 3 is 2.79 bits per heavy atom. The van der Waals surface area contributed by atoms with Gasteiger partial charge in [0, 0.05) is 25.8 Å². The fourth-order valence-corrected chi connectivity index (χ4v) is 1.50. The van der Waals surface area contributed by atoms with Crippen LogP contribution in [0, 0.1) is 0 Å². The molecule has 0 atom stereocenters. The minimum Gasteiger partial charge on any atom is -0.397 e. The van der Waals surface area contributed by atoms with Gasteiger partial charge in [-0.15, -0.1) is 0 Å². The summed E-state index contributed by atoms with van der Waals surface area (Å²) in [5.41, 5.74) is 12.8. The van der Waals surface area contributed by atoms with Gasteiger partial charge in [-0.3, -0.25) is 4.79 Å². The molecule has 0 heterocycles. The Balaban J connectivity index is 2.32. The highest BCUT2D eigenvalue weighted by Gasteiger charge is 2.04. The number of anilines is 2. The third kappa shape index (κ3) is 5.58. The molecular weight excluding hydrogens is 246 g/mol. The Labute approximate surface area is 113 Å². The molecule has 1 aromatic carbocycles. The number of methoxy groups -OCH3 is 1.